The van der Waals surface area contributed by atoms with Crippen molar-refractivity contribution in [3.05, 3.63) is 108 Å². The number of nitrogens with zero attached hydrogens (tertiary/aromatic N) is 1. The van der Waals surface area contributed by atoms with E-state index in [1.807, 2.05) is 42.5 Å². The number of para-hydroxylation sites is 3. The maximum atomic E-state index is 13.1. The highest BCUT2D eigenvalue weighted by Gasteiger charge is 2.16. The molecule has 3 N–H and O–H groups in total. The molecule has 1 amide bonds. The van der Waals surface area contributed by atoms with Gasteiger partial charge in [-0.2, -0.15) is 0 Å². The van der Waals surface area contributed by atoms with Crippen LogP contribution in [-0.2, 0) is 10.0 Å². The molecule has 0 unspecified atom stereocenters. The fraction of sp³-hybridized carbons (Fsp3) is 0. The van der Waals surface area contributed by atoms with Crippen LogP contribution in [0.25, 0.3) is 22.4 Å². The van der Waals surface area contributed by atoms with E-state index in [1.54, 1.807) is 24.3 Å². The Bertz CT molecular complexity index is 1610. The molecule has 0 radical (unpaired) electrons. The summed E-state index contributed by atoms with van der Waals surface area (Å²) in [6.07, 6.45) is 0. The molecule has 4 aromatic carbocycles. The summed E-state index contributed by atoms with van der Waals surface area (Å²) in [7, 11) is -3.84. The van der Waals surface area contributed by atoms with Crippen LogP contribution in [0.1, 0.15) is 10.4 Å². The standard InChI is InChI=1S/C26H19ClN4O3S/c27-18-12-14-20(15-13-18)35(33,34)31-19-7-5-6-17(16-19)26(32)30-22-9-2-1-8-21(22)25-28-23-10-3-4-11-24(23)29-25/h1-16,31H,(H,28,29)(H,30,32). The van der Waals surface area contributed by atoms with Crippen LogP contribution in [0.4, 0.5) is 11.4 Å². The predicted molar refractivity (Wildman–Crippen MR) is 138 cm³/mol. The molecule has 174 valence electrons. The highest BCUT2D eigenvalue weighted by atomic mass is 35.5. The van der Waals surface area contributed by atoms with Gasteiger partial charge >= 0.3 is 0 Å². The zero-order valence-corrected chi connectivity index (χ0v) is 19.8. The van der Waals surface area contributed by atoms with E-state index in [1.165, 1.54) is 30.3 Å². The number of aromatic amines is 1. The maximum Gasteiger partial charge on any atom is 0.261 e. The number of nitrogens with one attached hydrogen (secondary N) is 3. The lowest BCUT2D eigenvalue weighted by atomic mass is 10.1. The van der Waals surface area contributed by atoms with Gasteiger partial charge in [0.05, 0.1) is 21.6 Å². The number of sulfonamides is 1. The first kappa shape index (κ1) is 22.6. The zero-order valence-electron chi connectivity index (χ0n) is 18.2. The molecule has 0 aliphatic rings. The lowest BCUT2D eigenvalue weighted by molar-refractivity contribution is 0.102. The second kappa shape index (κ2) is 9.25. The summed E-state index contributed by atoms with van der Waals surface area (Å²) in [5.74, 6) is 0.243. The maximum absolute atomic E-state index is 13.1. The smallest absolute Gasteiger partial charge is 0.261 e. The van der Waals surface area contributed by atoms with E-state index in [-0.39, 0.29) is 16.5 Å². The number of H-pyrrole nitrogens is 1. The van der Waals surface area contributed by atoms with E-state index in [0.29, 0.717) is 22.1 Å². The minimum atomic E-state index is -3.84. The quantitative estimate of drug-likeness (QED) is 0.267. The van der Waals surface area contributed by atoms with Gasteiger partial charge in [-0.05, 0) is 66.7 Å². The van der Waals surface area contributed by atoms with Crippen LogP contribution in [0, 0.1) is 0 Å². The lowest BCUT2D eigenvalue weighted by Gasteiger charge is -2.12. The van der Waals surface area contributed by atoms with Crippen LogP contribution in [0.15, 0.2) is 102 Å². The Morgan fingerprint density at radius 3 is 2.40 bits per heavy atom. The van der Waals surface area contributed by atoms with Crippen molar-refractivity contribution in [1.82, 2.24) is 9.97 Å². The molecule has 5 aromatic rings. The molecule has 0 aliphatic carbocycles. The van der Waals surface area contributed by atoms with E-state index in [0.717, 1.165) is 16.6 Å². The number of aromatic nitrogens is 2. The van der Waals surface area contributed by atoms with Crippen molar-refractivity contribution in [3.63, 3.8) is 0 Å². The van der Waals surface area contributed by atoms with Gasteiger partial charge in [0.15, 0.2) is 0 Å². The third-order valence-corrected chi connectivity index (χ3v) is 6.97. The third kappa shape index (κ3) is 4.89. The Balaban J connectivity index is 1.39. The summed E-state index contributed by atoms with van der Waals surface area (Å²) < 4.78 is 27.9. The van der Waals surface area contributed by atoms with Gasteiger partial charge in [0.25, 0.3) is 15.9 Å². The van der Waals surface area contributed by atoms with Gasteiger partial charge in [-0.3, -0.25) is 9.52 Å². The molecule has 1 aromatic heterocycles. The van der Waals surface area contributed by atoms with Crippen LogP contribution in [0.5, 0.6) is 0 Å². The number of carbonyl (C=O) groups is 1. The van der Waals surface area contributed by atoms with E-state index >= 15 is 0 Å². The van der Waals surface area contributed by atoms with Crippen LogP contribution in [0.3, 0.4) is 0 Å². The molecule has 0 saturated heterocycles. The average molecular weight is 503 g/mol. The van der Waals surface area contributed by atoms with Crippen LogP contribution < -0.4 is 10.0 Å². The predicted octanol–water partition coefficient (Wildman–Crippen LogP) is 5.94. The fourth-order valence-electron chi connectivity index (χ4n) is 3.63. The molecule has 1 heterocycles. The largest absolute Gasteiger partial charge is 0.338 e. The van der Waals surface area contributed by atoms with Crippen molar-refractivity contribution < 1.29 is 13.2 Å². The Morgan fingerprint density at radius 2 is 1.60 bits per heavy atom. The van der Waals surface area contributed by atoms with E-state index in [4.69, 9.17) is 11.6 Å². The normalized spacial score (nSPS) is 11.3. The van der Waals surface area contributed by atoms with E-state index in [2.05, 4.69) is 20.0 Å². The highest BCUT2D eigenvalue weighted by molar-refractivity contribution is 7.92. The third-order valence-electron chi connectivity index (χ3n) is 5.32. The summed E-state index contributed by atoms with van der Waals surface area (Å²) >= 11 is 5.85. The first-order valence-corrected chi connectivity index (χ1v) is 12.5. The van der Waals surface area contributed by atoms with Gasteiger partial charge in [0.1, 0.15) is 5.82 Å². The molecule has 0 fully saturated rings. The monoisotopic (exact) mass is 502 g/mol. The summed E-state index contributed by atoms with van der Waals surface area (Å²) in [6.45, 7) is 0. The van der Waals surface area contributed by atoms with E-state index in [9.17, 15) is 13.2 Å². The van der Waals surface area contributed by atoms with Gasteiger partial charge in [-0.1, -0.05) is 41.9 Å². The minimum absolute atomic E-state index is 0.0662. The van der Waals surface area contributed by atoms with Crippen molar-refractivity contribution in [3.8, 4) is 11.4 Å². The van der Waals surface area contributed by atoms with Gasteiger partial charge < -0.3 is 10.3 Å². The SMILES string of the molecule is O=C(Nc1ccccc1-c1nc2ccccc2[nH]1)c1cccc(NS(=O)(=O)c2ccc(Cl)cc2)c1. The Labute approximate surface area is 206 Å². The zero-order chi connectivity index (χ0) is 24.4. The van der Waals surface area contributed by atoms with Gasteiger partial charge in [0.2, 0.25) is 0 Å². The second-order valence-electron chi connectivity index (χ2n) is 7.74. The summed E-state index contributed by atoms with van der Waals surface area (Å²) in [4.78, 5) is 21.0. The van der Waals surface area contributed by atoms with Crippen molar-refractivity contribution in [1.29, 1.82) is 0 Å². The van der Waals surface area contributed by atoms with Gasteiger partial charge in [-0.25, -0.2) is 13.4 Å². The molecule has 0 atom stereocenters. The lowest BCUT2D eigenvalue weighted by Crippen LogP contribution is -2.15. The molecule has 0 spiro atoms. The number of benzene rings is 4. The second-order valence-corrected chi connectivity index (χ2v) is 9.86. The number of hydrogen-bond acceptors (Lipinski definition) is 4. The molecule has 7 nitrogen and oxygen atoms in total. The number of rotatable bonds is 6. The highest BCUT2D eigenvalue weighted by Crippen LogP contribution is 2.28. The molecule has 9 heteroatoms. The molecule has 0 bridgehead atoms. The average Bonchev–Trinajstić information content (AvgIpc) is 3.29. The summed E-state index contributed by atoms with van der Waals surface area (Å²) in [5.41, 5.74) is 3.58. The Kier molecular flexibility index (Phi) is 5.98. The molecule has 35 heavy (non-hydrogen) atoms. The number of halogens is 1. The van der Waals surface area contributed by atoms with Crippen molar-refractivity contribution in [2.75, 3.05) is 10.0 Å². The first-order chi connectivity index (χ1) is 16.9. The molecular weight excluding hydrogens is 484 g/mol. The number of hydrogen-bond donors (Lipinski definition) is 3. The van der Waals surface area contributed by atoms with Crippen molar-refractivity contribution in [2.24, 2.45) is 0 Å². The number of carbonyl (C=O) groups excluding carboxylic acids is 1. The number of fused-ring (bicyclic) bond motifs is 1. The minimum Gasteiger partial charge on any atom is -0.338 e. The summed E-state index contributed by atoms with van der Waals surface area (Å²) in [5, 5.41) is 3.34. The fourth-order valence-corrected chi connectivity index (χ4v) is 4.80. The number of anilines is 2. The van der Waals surface area contributed by atoms with Crippen LogP contribution >= 0.6 is 11.6 Å². The van der Waals surface area contributed by atoms with Crippen LogP contribution in [0.2, 0.25) is 5.02 Å². The van der Waals surface area contributed by atoms with Crippen LogP contribution in [-0.4, -0.2) is 24.3 Å². The number of amides is 1. The summed E-state index contributed by atoms with van der Waals surface area (Å²) in [6, 6.07) is 27.1. The topological polar surface area (TPSA) is 104 Å². The molecule has 0 saturated carbocycles. The van der Waals surface area contributed by atoms with Crippen molar-refractivity contribution in [2.45, 2.75) is 4.90 Å². The van der Waals surface area contributed by atoms with Gasteiger partial charge in [0, 0.05) is 21.8 Å². The Morgan fingerprint density at radius 1 is 0.857 bits per heavy atom. The number of imidazole rings is 1. The van der Waals surface area contributed by atoms with Crippen molar-refractivity contribution >= 4 is 49.9 Å². The first-order valence-electron chi connectivity index (χ1n) is 10.6. The van der Waals surface area contributed by atoms with E-state index < -0.39 is 10.0 Å². The molecule has 0 aliphatic heterocycles. The van der Waals surface area contributed by atoms with Gasteiger partial charge in [-0.15, -0.1) is 0 Å². The Hall–Kier alpha value is -4.14. The molecular formula is C26H19ClN4O3S. The molecule has 5 rings (SSSR count).